The van der Waals surface area contributed by atoms with Crippen molar-refractivity contribution in [2.24, 2.45) is 0 Å². The molecule has 0 spiro atoms. The van der Waals surface area contributed by atoms with Crippen molar-refractivity contribution in [1.82, 2.24) is 0 Å². The van der Waals surface area contributed by atoms with E-state index in [-0.39, 0.29) is 17.1 Å². The molecule has 1 amide bonds. The third kappa shape index (κ3) is 5.06. The van der Waals surface area contributed by atoms with Crippen LogP contribution in [-0.2, 0) is 16.0 Å². The molecule has 0 radical (unpaired) electrons. The molecule has 0 aromatic heterocycles. The summed E-state index contributed by atoms with van der Waals surface area (Å²) in [6.07, 6.45) is 1.35. The first-order valence-corrected chi connectivity index (χ1v) is 7.79. The number of methoxy groups -OCH3 is 1. The fourth-order valence-electron chi connectivity index (χ4n) is 2.13. The Morgan fingerprint density at radius 1 is 1.17 bits per heavy atom. The maximum atomic E-state index is 13.3. The number of halogens is 2. The van der Waals surface area contributed by atoms with Gasteiger partial charge in [0.1, 0.15) is 11.6 Å². The maximum absolute atomic E-state index is 13.3. The Labute approximate surface area is 144 Å². The highest BCUT2D eigenvalue weighted by Crippen LogP contribution is 2.19. The zero-order valence-electron chi connectivity index (χ0n) is 13.1. The Morgan fingerprint density at radius 2 is 1.88 bits per heavy atom. The lowest BCUT2D eigenvalue weighted by Gasteiger charge is -2.06. The molecule has 126 valence electrons. The van der Waals surface area contributed by atoms with Crippen LogP contribution in [0.1, 0.15) is 18.4 Å². The third-order valence-electron chi connectivity index (χ3n) is 3.46. The molecule has 0 aliphatic carbocycles. The van der Waals surface area contributed by atoms with Gasteiger partial charge in [-0.05, 0) is 48.7 Å². The van der Waals surface area contributed by atoms with Crippen LogP contribution in [0.4, 0.5) is 10.1 Å². The zero-order chi connectivity index (χ0) is 17.5. The number of amides is 1. The van der Waals surface area contributed by atoms with Gasteiger partial charge in [-0.25, -0.2) is 4.39 Å². The summed E-state index contributed by atoms with van der Waals surface area (Å²) in [6, 6.07) is 11.4. The van der Waals surface area contributed by atoms with Gasteiger partial charge < -0.3 is 10.1 Å². The molecular weight excluding hydrogens is 333 g/mol. The third-order valence-corrected chi connectivity index (χ3v) is 3.77. The average molecular weight is 350 g/mol. The second kappa shape index (κ2) is 8.45. The number of nitrogens with one attached hydrogen (secondary N) is 1. The smallest absolute Gasteiger partial charge is 0.291 e. The number of carbonyl (C=O) groups is 2. The van der Waals surface area contributed by atoms with Crippen molar-refractivity contribution >= 4 is 29.0 Å². The van der Waals surface area contributed by atoms with E-state index in [4.69, 9.17) is 16.3 Å². The van der Waals surface area contributed by atoms with E-state index in [9.17, 15) is 14.0 Å². The Balaban J connectivity index is 1.80. The number of carbonyl (C=O) groups excluding carboxylic acids is 2. The van der Waals surface area contributed by atoms with Gasteiger partial charge in [0.05, 0.1) is 12.1 Å². The predicted molar refractivity (Wildman–Crippen MR) is 91.0 cm³/mol. The number of aryl methyl sites for hydroxylation is 1. The number of rotatable bonds is 7. The van der Waals surface area contributed by atoms with Crippen molar-refractivity contribution in [3.8, 4) is 5.75 Å². The van der Waals surface area contributed by atoms with E-state index in [0.29, 0.717) is 12.8 Å². The molecule has 0 heterocycles. The number of Topliss-reactive ketones (excluding diaryl/α,β-unsaturated/α-hetero) is 1. The van der Waals surface area contributed by atoms with Crippen LogP contribution in [0, 0.1) is 5.82 Å². The van der Waals surface area contributed by atoms with Crippen LogP contribution >= 0.6 is 11.6 Å². The van der Waals surface area contributed by atoms with Crippen LogP contribution < -0.4 is 10.1 Å². The SMILES string of the molecule is COc1ccc(CCCC(=O)C(=O)Nc2ccc(Cl)c(F)c2)cc1. The first-order chi connectivity index (χ1) is 11.5. The normalized spacial score (nSPS) is 10.3. The van der Waals surface area contributed by atoms with Crippen LogP contribution in [0.3, 0.4) is 0 Å². The Kier molecular flexibility index (Phi) is 6.32. The lowest BCUT2D eigenvalue weighted by molar-refractivity contribution is -0.134. The summed E-state index contributed by atoms with van der Waals surface area (Å²) in [5, 5.41) is 2.33. The van der Waals surface area contributed by atoms with Gasteiger partial charge in [-0.3, -0.25) is 9.59 Å². The molecule has 2 aromatic rings. The van der Waals surface area contributed by atoms with Gasteiger partial charge in [0, 0.05) is 12.1 Å². The summed E-state index contributed by atoms with van der Waals surface area (Å²) in [5.74, 6) is -1.18. The van der Waals surface area contributed by atoms with Crippen molar-refractivity contribution in [2.45, 2.75) is 19.3 Å². The van der Waals surface area contributed by atoms with Crippen molar-refractivity contribution in [2.75, 3.05) is 12.4 Å². The molecule has 0 fully saturated rings. The highest BCUT2D eigenvalue weighted by molar-refractivity contribution is 6.40. The van der Waals surface area contributed by atoms with Gasteiger partial charge >= 0.3 is 0 Å². The molecule has 0 saturated carbocycles. The molecule has 0 saturated heterocycles. The van der Waals surface area contributed by atoms with E-state index in [1.54, 1.807) is 7.11 Å². The number of ketones is 1. The Morgan fingerprint density at radius 3 is 2.50 bits per heavy atom. The van der Waals surface area contributed by atoms with E-state index in [0.717, 1.165) is 17.4 Å². The van der Waals surface area contributed by atoms with Gasteiger partial charge in [-0.2, -0.15) is 0 Å². The number of hydrogen-bond acceptors (Lipinski definition) is 3. The molecule has 1 N–H and O–H groups in total. The topological polar surface area (TPSA) is 55.4 Å². The molecule has 0 aliphatic rings. The molecule has 0 unspecified atom stereocenters. The van der Waals surface area contributed by atoms with E-state index in [1.807, 2.05) is 24.3 Å². The molecule has 24 heavy (non-hydrogen) atoms. The second-order valence-electron chi connectivity index (χ2n) is 5.21. The van der Waals surface area contributed by atoms with Gasteiger partial charge in [-0.1, -0.05) is 23.7 Å². The average Bonchev–Trinajstić information content (AvgIpc) is 2.58. The molecule has 4 nitrogen and oxygen atoms in total. The van der Waals surface area contributed by atoms with E-state index < -0.39 is 17.5 Å². The van der Waals surface area contributed by atoms with Crippen LogP contribution in [0.5, 0.6) is 5.75 Å². The van der Waals surface area contributed by atoms with Crippen LogP contribution in [0.15, 0.2) is 42.5 Å². The summed E-state index contributed by atoms with van der Waals surface area (Å²) in [6.45, 7) is 0. The number of hydrogen-bond donors (Lipinski definition) is 1. The van der Waals surface area contributed by atoms with Gasteiger partial charge in [0.25, 0.3) is 5.91 Å². The summed E-state index contributed by atoms with van der Waals surface area (Å²) < 4.78 is 18.4. The minimum atomic E-state index is -0.758. The van der Waals surface area contributed by atoms with Crippen molar-refractivity contribution in [3.63, 3.8) is 0 Å². The van der Waals surface area contributed by atoms with E-state index in [1.165, 1.54) is 12.1 Å². The van der Waals surface area contributed by atoms with Crippen LogP contribution in [0.25, 0.3) is 0 Å². The van der Waals surface area contributed by atoms with Crippen molar-refractivity contribution in [3.05, 3.63) is 58.9 Å². The van der Waals surface area contributed by atoms with Crippen LogP contribution in [-0.4, -0.2) is 18.8 Å². The number of anilines is 1. The Hall–Kier alpha value is -2.40. The van der Waals surface area contributed by atoms with E-state index in [2.05, 4.69) is 5.32 Å². The van der Waals surface area contributed by atoms with E-state index >= 15 is 0 Å². The van der Waals surface area contributed by atoms with Gasteiger partial charge in [0.2, 0.25) is 5.78 Å². The summed E-state index contributed by atoms with van der Waals surface area (Å²) in [4.78, 5) is 23.6. The highest BCUT2D eigenvalue weighted by atomic mass is 35.5. The van der Waals surface area contributed by atoms with Crippen LogP contribution in [0.2, 0.25) is 5.02 Å². The molecule has 2 aromatic carbocycles. The summed E-state index contributed by atoms with van der Waals surface area (Å²) in [7, 11) is 1.60. The minimum Gasteiger partial charge on any atom is -0.497 e. The number of ether oxygens (including phenoxy) is 1. The lowest BCUT2D eigenvalue weighted by atomic mass is 10.1. The first-order valence-electron chi connectivity index (χ1n) is 7.42. The predicted octanol–water partition coefficient (Wildman–Crippen LogP) is 4.02. The summed E-state index contributed by atoms with van der Waals surface area (Å²) >= 11 is 5.56. The standard InChI is InChI=1S/C18H17ClFNO3/c1-24-14-8-5-12(6-9-14)3-2-4-17(22)18(23)21-13-7-10-15(19)16(20)11-13/h5-11H,2-4H2,1H3,(H,21,23). The maximum Gasteiger partial charge on any atom is 0.291 e. The quantitative estimate of drug-likeness (QED) is 0.768. The minimum absolute atomic E-state index is 0.0428. The number of benzene rings is 2. The summed E-state index contributed by atoms with van der Waals surface area (Å²) in [5.41, 5.74) is 1.26. The highest BCUT2D eigenvalue weighted by Gasteiger charge is 2.14. The molecular formula is C18H17ClFNO3. The first kappa shape index (κ1) is 17.9. The molecule has 0 aliphatic heterocycles. The largest absolute Gasteiger partial charge is 0.497 e. The fourth-order valence-corrected chi connectivity index (χ4v) is 2.25. The molecule has 0 atom stereocenters. The van der Waals surface area contributed by atoms with Crippen molar-refractivity contribution in [1.29, 1.82) is 0 Å². The van der Waals surface area contributed by atoms with Gasteiger partial charge in [0.15, 0.2) is 0 Å². The Bertz CT molecular complexity index is 732. The lowest BCUT2D eigenvalue weighted by Crippen LogP contribution is -2.22. The van der Waals surface area contributed by atoms with Gasteiger partial charge in [-0.15, -0.1) is 0 Å². The fraction of sp³-hybridized carbons (Fsp3) is 0.222. The molecule has 6 heteroatoms. The van der Waals surface area contributed by atoms with Crippen molar-refractivity contribution < 1.29 is 18.7 Å². The second-order valence-corrected chi connectivity index (χ2v) is 5.62. The molecule has 0 bridgehead atoms. The zero-order valence-corrected chi connectivity index (χ0v) is 13.9. The molecule has 2 rings (SSSR count). The monoisotopic (exact) mass is 349 g/mol.